The van der Waals surface area contributed by atoms with Crippen molar-refractivity contribution in [2.24, 2.45) is 5.73 Å². The topological polar surface area (TPSA) is 53.7 Å². The number of hydrogen-bond donors (Lipinski definition) is 1. The molecule has 1 aliphatic carbocycles. The molecule has 1 spiro atoms. The van der Waals surface area contributed by atoms with Crippen LogP contribution in [0.5, 0.6) is 0 Å². The standard InChI is InChI=1S/C10H16F3NO3/c11-10(12,13)6-15-8-5-9(2-1-7(8)14)16-3-4-17-9/h7-8H,1-6,14H2. The highest BCUT2D eigenvalue weighted by Crippen LogP contribution is 2.37. The van der Waals surface area contributed by atoms with Crippen LogP contribution in [0.1, 0.15) is 19.3 Å². The van der Waals surface area contributed by atoms with E-state index in [4.69, 9.17) is 19.9 Å². The minimum absolute atomic E-state index is 0.268. The molecule has 2 atom stereocenters. The van der Waals surface area contributed by atoms with E-state index in [9.17, 15) is 13.2 Å². The first-order chi connectivity index (χ1) is 7.90. The van der Waals surface area contributed by atoms with Gasteiger partial charge in [-0.3, -0.25) is 0 Å². The van der Waals surface area contributed by atoms with Crippen LogP contribution in [0.15, 0.2) is 0 Å². The van der Waals surface area contributed by atoms with Gasteiger partial charge < -0.3 is 19.9 Å². The molecule has 1 saturated carbocycles. The van der Waals surface area contributed by atoms with Crippen LogP contribution < -0.4 is 5.73 Å². The quantitative estimate of drug-likeness (QED) is 0.805. The summed E-state index contributed by atoms with van der Waals surface area (Å²) < 4.78 is 52.0. The van der Waals surface area contributed by atoms with Gasteiger partial charge in [0.15, 0.2) is 5.79 Å². The smallest absolute Gasteiger partial charge is 0.367 e. The zero-order valence-corrected chi connectivity index (χ0v) is 9.33. The minimum Gasteiger partial charge on any atom is -0.367 e. The molecule has 0 radical (unpaired) electrons. The average molecular weight is 255 g/mol. The summed E-state index contributed by atoms with van der Waals surface area (Å²) in [6.07, 6.45) is -3.57. The van der Waals surface area contributed by atoms with Gasteiger partial charge in [-0.1, -0.05) is 0 Å². The molecule has 2 rings (SSSR count). The van der Waals surface area contributed by atoms with Crippen molar-refractivity contribution in [2.45, 2.75) is 43.4 Å². The number of rotatable bonds is 2. The number of ether oxygens (including phenoxy) is 3. The van der Waals surface area contributed by atoms with Gasteiger partial charge in [-0.15, -0.1) is 0 Å². The molecule has 1 saturated heterocycles. The lowest BCUT2D eigenvalue weighted by Crippen LogP contribution is -2.50. The van der Waals surface area contributed by atoms with Crippen molar-refractivity contribution in [3.63, 3.8) is 0 Å². The Morgan fingerprint density at radius 2 is 1.94 bits per heavy atom. The van der Waals surface area contributed by atoms with Gasteiger partial charge >= 0.3 is 6.18 Å². The number of hydrogen-bond acceptors (Lipinski definition) is 4. The van der Waals surface area contributed by atoms with E-state index in [0.717, 1.165) is 0 Å². The third-order valence-electron chi connectivity index (χ3n) is 3.12. The monoisotopic (exact) mass is 255 g/mol. The predicted molar refractivity (Wildman–Crippen MR) is 52.3 cm³/mol. The maximum Gasteiger partial charge on any atom is 0.411 e. The lowest BCUT2D eigenvalue weighted by molar-refractivity contribution is -0.230. The Hall–Kier alpha value is -0.370. The molecule has 2 N–H and O–H groups in total. The molecule has 1 heterocycles. The van der Waals surface area contributed by atoms with Crippen LogP contribution in [0.3, 0.4) is 0 Å². The summed E-state index contributed by atoms with van der Waals surface area (Å²) in [7, 11) is 0. The second kappa shape index (κ2) is 4.72. The van der Waals surface area contributed by atoms with Gasteiger partial charge in [-0.2, -0.15) is 13.2 Å². The fraction of sp³-hybridized carbons (Fsp3) is 1.00. The minimum atomic E-state index is -4.33. The first-order valence-corrected chi connectivity index (χ1v) is 5.62. The van der Waals surface area contributed by atoms with Gasteiger partial charge in [0.2, 0.25) is 0 Å². The molecular formula is C10H16F3NO3. The molecule has 0 bridgehead atoms. The summed E-state index contributed by atoms with van der Waals surface area (Å²) in [6.45, 7) is -0.329. The van der Waals surface area contributed by atoms with Crippen LogP contribution in [-0.4, -0.2) is 43.9 Å². The van der Waals surface area contributed by atoms with Crippen LogP contribution in [0.4, 0.5) is 13.2 Å². The summed E-state index contributed by atoms with van der Waals surface area (Å²) in [5.41, 5.74) is 5.76. The molecule has 2 aliphatic rings. The number of nitrogens with two attached hydrogens (primary N) is 1. The molecule has 1 aliphatic heterocycles. The van der Waals surface area contributed by atoms with E-state index in [1.807, 2.05) is 0 Å². The van der Waals surface area contributed by atoms with E-state index in [2.05, 4.69) is 0 Å². The maximum atomic E-state index is 12.1. The van der Waals surface area contributed by atoms with Crippen molar-refractivity contribution in [3.05, 3.63) is 0 Å². The van der Waals surface area contributed by atoms with E-state index in [0.29, 0.717) is 26.1 Å². The lowest BCUT2D eigenvalue weighted by Gasteiger charge is -2.39. The Morgan fingerprint density at radius 3 is 2.53 bits per heavy atom. The summed E-state index contributed by atoms with van der Waals surface area (Å²) in [5.74, 6) is -0.772. The van der Waals surface area contributed by atoms with E-state index in [1.54, 1.807) is 0 Å². The van der Waals surface area contributed by atoms with Crippen molar-refractivity contribution in [2.75, 3.05) is 19.8 Å². The van der Waals surface area contributed by atoms with Crippen molar-refractivity contribution in [3.8, 4) is 0 Å². The highest BCUT2D eigenvalue weighted by molar-refractivity contribution is 4.90. The Morgan fingerprint density at radius 1 is 1.29 bits per heavy atom. The fourth-order valence-electron chi connectivity index (χ4n) is 2.28. The Kier molecular flexibility index (Phi) is 3.63. The molecule has 0 amide bonds. The van der Waals surface area contributed by atoms with E-state index in [-0.39, 0.29) is 6.42 Å². The lowest BCUT2D eigenvalue weighted by atomic mass is 9.88. The SMILES string of the molecule is NC1CCC2(CC1OCC(F)(F)F)OCCO2. The first-order valence-electron chi connectivity index (χ1n) is 5.62. The van der Waals surface area contributed by atoms with Crippen LogP contribution in [-0.2, 0) is 14.2 Å². The Bertz CT molecular complexity index is 266. The zero-order chi connectivity index (χ0) is 12.5. The van der Waals surface area contributed by atoms with Crippen molar-refractivity contribution < 1.29 is 27.4 Å². The summed E-state index contributed by atoms with van der Waals surface area (Å²) >= 11 is 0. The van der Waals surface area contributed by atoms with Crippen LogP contribution >= 0.6 is 0 Å². The fourth-order valence-corrected chi connectivity index (χ4v) is 2.28. The van der Waals surface area contributed by atoms with Gasteiger partial charge in [-0.25, -0.2) is 0 Å². The molecule has 7 heteroatoms. The Labute approximate surface area is 97.2 Å². The van der Waals surface area contributed by atoms with Gasteiger partial charge in [0.05, 0.1) is 19.3 Å². The molecule has 0 aromatic heterocycles. The van der Waals surface area contributed by atoms with Gasteiger partial charge in [0.1, 0.15) is 6.61 Å². The van der Waals surface area contributed by atoms with Crippen LogP contribution in [0.25, 0.3) is 0 Å². The number of halogens is 3. The van der Waals surface area contributed by atoms with E-state index < -0.39 is 30.7 Å². The maximum absolute atomic E-state index is 12.1. The largest absolute Gasteiger partial charge is 0.411 e. The summed E-state index contributed by atoms with van der Waals surface area (Å²) in [6, 6.07) is -0.393. The van der Waals surface area contributed by atoms with Crippen molar-refractivity contribution in [1.82, 2.24) is 0 Å². The van der Waals surface area contributed by atoms with Gasteiger partial charge in [0, 0.05) is 18.9 Å². The van der Waals surface area contributed by atoms with Gasteiger partial charge in [-0.05, 0) is 6.42 Å². The molecule has 100 valence electrons. The predicted octanol–water partition coefficient (Wildman–Crippen LogP) is 1.19. The molecule has 4 nitrogen and oxygen atoms in total. The van der Waals surface area contributed by atoms with E-state index in [1.165, 1.54) is 0 Å². The van der Waals surface area contributed by atoms with Crippen LogP contribution in [0, 0.1) is 0 Å². The summed E-state index contributed by atoms with van der Waals surface area (Å²) in [4.78, 5) is 0. The molecule has 2 fully saturated rings. The third-order valence-corrected chi connectivity index (χ3v) is 3.12. The normalized spacial score (nSPS) is 33.2. The van der Waals surface area contributed by atoms with Crippen LogP contribution in [0.2, 0.25) is 0 Å². The molecule has 2 unspecified atom stereocenters. The second-order valence-corrected chi connectivity index (χ2v) is 4.48. The van der Waals surface area contributed by atoms with Gasteiger partial charge in [0.25, 0.3) is 0 Å². The first kappa shape index (κ1) is 13.1. The molecular weight excluding hydrogens is 239 g/mol. The van der Waals surface area contributed by atoms with E-state index >= 15 is 0 Å². The average Bonchev–Trinajstić information content (AvgIpc) is 2.68. The van der Waals surface area contributed by atoms with Crippen molar-refractivity contribution in [1.29, 1.82) is 0 Å². The van der Waals surface area contributed by atoms with Crippen molar-refractivity contribution >= 4 is 0 Å². The molecule has 0 aromatic carbocycles. The highest BCUT2D eigenvalue weighted by Gasteiger charge is 2.45. The molecule has 0 aromatic rings. The zero-order valence-electron chi connectivity index (χ0n) is 9.33. The highest BCUT2D eigenvalue weighted by atomic mass is 19.4. The third kappa shape index (κ3) is 3.31. The second-order valence-electron chi connectivity index (χ2n) is 4.48. The Balaban J connectivity index is 1.91. The summed E-state index contributed by atoms with van der Waals surface area (Å²) in [5, 5.41) is 0. The molecule has 17 heavy (non-hydrogen) atoms. The number of alkyl halides is 3.